The standard InChI is InChI=1S/C26H22FN3O4S/c1-15-23(35-26(28-15)17-9-11-18(27)12-10-17)25(32)30-20-14-21(33-2)19(13-22(20)34-3)29-24(31)16-7-5-4-6-8-16/h4-14H,1-3H3,(H,29,31)(H,30,32). The number of hydrogen-bond donors (Lipinski definition) is 2. The van der Waals surface area contributed by atoms with Gasteiger partial charge in [0, 0.05) is 23.3 Å². The minimum absolute atomic E-state index is 0.309. The first-order valence-electron chi connectivity index (χ1n) is 10.6. The van der Waals surface area contributed by atoms with E-state index in [1.54, 1.807) is 55.5 Å². The van der Waals surface area contributed by atoms with Crippen LogP contribution in [0.5, 0.6) is 11.5 Å². The highest BCUT2D eigenvalue weighted by atomic mass is 32.1. The molecule has 178 valence electrons. The molecule has 0 aliphatic rings. The first kappa shape index (κ1) is 23.9. The molecule has 2 N–H and O–H groups in total. The van der Waals surface area contributed by atoms with E-state index in [1.807, 2.05) is 6.07 Å². The number of ether oxygens (including phenoxy) is 2. The number of nitrogens with zero attached hydrogens (tertiary/aromatic N) is 1. The molecule has 4 aromatic rings. The Hall–Kier alpha value is -4.24. The van der Waals surface area contributed by atoms with Crippen molar-refractivity contribution in [3.63, 3.8) is 0 Å². The van der Waals surface area contributed by atoms with E-state index in [0.29, 0.717) is 44.0 Å². The average Bonchev–Trinajstić information content (AvgIpc) is 3.27. The maximum Gasteiger partial charge on any atom is 0.267 e. The fourth-order valence-corrected chi connectivity index (χ4v) is 4.35. The lowest BCUT2D eigenvalue weighted by Gasteiger charge is -2.16. The molecule has 0 aliphatic carbocycles. The van der Waals surface area contributed by atoms with Gasteiger partial charge in [-0.2, -0.15) is 0 Å². The molecule has 0 atom stereocenters. The molecular formula is C26H22FN3O4S. The number of carbonyl (C=O) groups is 2. The summed E-state index contributed by atoms with van der Waals surface area (Å²) in [5, 5.41) is 6.25. The Balaban J connectivity index is 1.59. The first-order valence-corrected chi connectivity index (χ1v) is 11.4. The molecule has 0 saturated heterocycles. The summed E-state index contributed by atoms with van der Waals surface area (Å²) in [5.74, 6) is -0.350. The molecule has 35 heavy (non-hydrogen) atoms. The highest BCUT2D eigenvalue weighted by Gasteiger charge is 2.20. The fraction of sp³-hybridized carbons (Fsp3) is 0.115. The second kappa shape index (κ2) is 10.4. The van der Waals surface area contributed by atoms with E-state index in [2.05, 4.69) is 15.6 Å². The zero-order chi connectivity index (χ0) is 24.9. The summed E-state index contributed by atoms with van der Waals surface area (Å²) in [4.78, 5) is 30.5. The molecule has 0 unspecified atom stereocenters. The number of carbonyl (C=O) groups excluding carboxylic acids is 2. The van der Waals surface area contributed by atoms with E-state index in [1.165, 1.54) is 37.7 Å². The Labute approximate surface area is 205 Å². The van der Waals surface area contributed by atoms with Crippen LogP contribution in [0.2, 0.25) is 0 Å². The molecule has 9 heteroatoms. The van der Waals surface area contributed by atoms with Crippen molar-refractivity contribution in [3.8, 4) is 22.1 Å². The van der Waals surface area contributed by atoms with Gasteiger partial charge in [0.15, 0.2) is 0 Å². The molecule has 0 aliphatic heterocycles. The molecule has 0 spiro atoms. The van der Waals surface area contributed by atoms with Gasteiger partial charge in [-0.05, 0) is 43.3 Å². The normalized spacial score (nSPS) is 10.5. The zero-order valence-electron chi connectivity index (χ0n) is 19.2. The van der Waals surface area contributed by atoms with E-state index in [-0.39, 0.29) is 17.6 Å². The number of amides is 2. The average molecular weight is 492 g/mol. The van der Waals surface area contributed by atoms with Crippen molar-refractivity contribution in [2.24, 2.45) is 0 Å². The van der Waals surface area contributed by atoms with Crippen LogP contribution in [0.15, 0.2) is 66.7 Å². The number of nitrogens with one attached hydrogen (secondary N) is 2. The number of halogens is 1. The number of aromatic nitrogens is 1. The number of rotatable bonds is 7. The van der Waals surface area contributed by atoms with Crippen LogP contribution >= 0.6 is 11.3 Å². The highest BCUT2D eigenvalue weighted by molar-refractivity contribution is 7.17. The van der Waals surface area contributed by atoms with Gasteiger partial charge < -0.3 is 20.1 Å². The van der Waals surface area contributed by atoms with Crippen molar-refractivity contribution in [2.75, 3.05) is 24.9 Å². The number of hydrogen-bond acceptors (Lipinski definition) is 6. The maximum absolute atomic E-state index is 13.2. The topological polar surface area (TPSA) is 89.6 Å². The van der Waals surface area contributed by atoms with E-state index >= 15 is 0 Å². The van der Waals surface area contributed by atoms with E-state index in [0.717, 1.165) is 5.56 Å². The van der Waals surface area contributed by atoms with Crippen molar-refractivity contribution in [3.05, 3.63) is 88.7 Å². The van der Waals surface area contributed by atoms with Crippen LogP contribution < -0.4 is 20.1 Å². The number of benzene rings is 3. The molecule has 7 nitrogen and oxygen atoms in total. The zero-order valence-corrected chi connectivity index (χ0v) is 20.0. The van der Waals surface area contributed by atoms with Crippen molar-refractivity contribution < 1.29 is 23.5 Å². The third kappa shape index (κ3) is 5.30. The molecule has 0 bridgehead atoms. The summed E-state index contributed by atoms with van der Waals surface area (Å²) >= 11 is 1.20. The van der Waals surface area contributed by atoms with Crippen molar-refractivity contribution in [1.82, 2.24) is 4.98 Å². The summed E-state index contributed by atoms with van der Waals surface area (Å²) in [7, 11) is 2.93. The Morgan fingerprint density at radius 3 is 2.00 bits per heavy atom. The Kier molecular flexibility index (Phi) is 7.07. The summed E-state index contributed by atoms with van der Waals surface area (Å²) in [6.07, 6.45) is 0. The summed E-state index contributed by atoms with van der Waals surface area (Å²) in [6.45, 7) is 1.73. The van der Waals surface area contributed by atoms with Crippen molar-refractivity contribution in [2.45, 2.75) is 6.92 Å². The Bertz CT molecular complexity index is 1370. The SMILES string of the molecule is COc1cc(NC(=O)c2sc(-c3ccc(F)cc3)nc2C)c(OC)cc1NC(=O)c1ccccc1. The molecule has 0 radical (unpaired) electrons. The van der Waals surface area contributed by atoms with Crippen LogP contribution in [0.4, 0.5) is 15.8 Å². The molecule has 2 amide bonds. The lowest BCUT2D eigenvalue weighted by atomic mass is 10.2. The van der Waals surface area contributed by atoms with Gasteiger partial charge in [-0.25, -0.2) is 9.37 Å². The molecule has 0 saturated carbocycles. The van der Waals surface area contributed by atoms with Crippen LogP contribution in [-0.4, -0.2) is 31.0 Å². The second-order valence-corrected chi connectivity index (χ2v) is 8.47. The largest absolute Gasteiger partial charge is 0.494 e. The molecule has 1 heterocycles. The number of anilines is 2. The van der Waals surface area contributed by atoms with E-state index in [4.69, 9.17) is 9.47 Å². The smallest absolute Gasteiger partial charge is 0.267 e. The Morgan fingerprint density at radius 1 is 0.857 bits per heavy atom. The maximum atomic E-state index is 13.2. The second-order valence-electron chi connectivity index (χ2n) is 7.47. The lowest BCUT2D eigenvalue weighted by molar-refractivity contribution is 0.101. The minimum Gasteiger partial charge on any atom is -0.494 e. The monoisotopic (exact) mass is 491 g/mol. The first-order chi connectivity index (χ1) is 16.9. The highest BCUT2D eigenvalue weighted by Crippen LogP contribution is 2.37. The van der Waals surface area contributed by atoms with Gasteiger partial charge in [-0.15, -0.1) is 11.3 Å². The molecule has 4 rings (SSSR count). The summed E-state index contributed by atoms with van der Waals surface area (Å²) < 4.78 is 24.1. The van der Waals surface area contributed by atoms with Crippen LogP contribution in [0.3, 0.4) is 0 Å². The van der Waals surface area contributed by atoms with Crippen molar-refractivity contribution >= 4 is 34.5 Å². The van der Waals surface area contributed by atoms with Crippen molar-refractivity contribution in [1.29, 1.82) is 0 Å². The van der Waals surface area contributed by atoms with Gasteiger partial charge in [-0.1, -0.05) is 18.2 Å². The van der Waals surface area contributed by atoms with E-state index < -0.39 is 0 Å². The molecule has 3 aromatic carbocycles. The molecular weight excluding hydrogens is 469 g/mol. The van der Waals surface area contributed by atoms with Gasteiger partial charge in [-0.3, -0.25) is 9.59 Å². The lowest BCUT2D eigenvalue weighted by Crippen LogP contribution is -2.15. The quantitative estimate of drug-likeness (QED) is 0.342. The summed E-state index contributed by atoms with van der Waals surface area (Å²) in [5.41, 5.74) is 2.51. The number of aryl methyl sites for hydroxylation is 1. The van der Waals surface area contributed by atoms with Gasteiger partial charge in [0.25, 0.3) is 11.8 Å². The minimum atomic E-state index is -0.380. The third-order valence-electron chi connectivity index (χ3n) is 5.15. The Morgan fingerprint density at radius 2 is 1.43 bits per heavy atom. The van der Waals surface area contributed by atoms with Crippen LogP contribution in [0.25, 0.3) is 10.6 Å². The molecule has 1 aromatic heterocycles. The van der Waals surface area contributed by atoms with Crippen LogP contribution in [-0.2, 0) is 0 Å². The summed E-state index contributed by atoms with van der Waals surface area (Å²) in [6, 6.07) is 17.9. The fourth-order valence-electron chi connectivity index (χ4n) is 3.38. The predicted octanol–water partition coefficient (Wildman–Crippen LogP) is 5.78. The number of methoxy groups -OCH3 is 2. The van der Waals surface area contributed by atoms with Gasteiger partial charge >= 0.3 is 0 Å². The number of thiazole rings is 1. The third-order valence-corrected chi connectivity index (χ3v) is 6.35. The predicted molar refractivity (Wildman–Crippen MR) is 134 cm³/mol. The van der Waals surface area contributed by atoms with Gasteiger partial charge in [0.05, 0.1) is 31.3 Å². The molecule has 0 fully saturated rings. The van der Waals surface area contributed by atoms with Crippen LogP contribution in [0, 0.1) is 12.7 Å². The van der Waals surface area contributed by atoms with Gasteiger partial charge in [0.2, 0.25) is 0 Å². The van der Waals surface area contributed by atoms with Gasteiger partial charge in [0.1, 0.15) is 27.2 Å². The van der Waals surface area contributed by atoms with E-state index in [9.17, 15) is 14.0 Å². The van der Waals surface area contributed by atoms with Crippen LogP contribution in [0.1, 0.15) is 25.7 Å².